The summed E-state index contributed by atoms with van der Waals surface area (Å²) in [5.74, 6) is -0.128. The monoisotopic (exact) mass is 647 g/mol. The van der Waals surface area contributed by atoms with Crippen LogP contribution in [0.2, 0.25) is 0 Å². The van der Waals surface area contributed by atoms with Gasteiger partial charge in [0, 0.05) is 18.4 Å². The largest absolute Gasteiger partial charge is 0.443 e. The van der Waals surface area contributed by atoms with Crippen molar-refractivity contribution < 1.29 is 28.6 Å². The maximum absolute atomic E-state index is 13.6. The molecule has 0 radical (unpaired) electrons. The third kappa shape index (κ3) is 20.6. The molecule has 0 aliphatic carbocycles. The average Bonchev–Trinajstić information content (AvgIpc) is 2.78. The van der Waals surface area contributed by atoms with Crippen LogP contribution in [-0.2, 0) is 14.2 Å². The molecule has 0 aromatic rings. The topological polar surface area (TPSA) is 97.7 Å². The minimum Gasteiger partial charge on any atom is -0.443 e. The van der Waals surface area contributed by atoms with Crippen LogP contribution in [0.15, 0.2) is 4.99 Å². The Morgan fingerprint density at radius 3 is 1.32 bits per heavy atom. The van der Waals surface area contributed by atoms with Gasteiger partial charge in [0.1, 0.15) is 16.8 Å². The molecule has 0 unspecified atom stereocenters. The van der Waals surface area contributed by atoms with E-state index in [4.69, 9.17) is 14.2 Å². The smallest absolute Gasteiger partial charge is 0.437 e. The van der Waals surface area contributed by atoms with Crippen molar-refractivity contribution in [2.45, 2.75) is 157 Å². The molecule has 0 saturated heterocycles. The third-order valence-electron chi connectivity index (χ3n) is 5.55. The first-order valence-electron chi connectivity index (χ1n) is 15.3. The molecule has 0 fully saturated rings. The Morgan fingerprint density at radius 2 is 0.951 bits per heavy atom. The van der Waals surface area contributed by atoms with Crippen molar-refractivity contribution in [2.75, 3.05) is 18.4 Å². The molecule has 0 saturated carbocycles. The molecule has 0 rings (SSSR count). The van der Waals surface area contributed by atoms with Gasteiger partial charge in [0.05, 0.1) is 0 Å². The van der Waals surface area contributed by atoms with E-state index in [0.29, 0.717) is 12.8 Å². The Morgan fingerprint density at radius 1 is 0.585 bits per heavy atom. The second-order valence-corrected chi connectivity index (χ2v) is 14.2. The van der Waals surface area contributed by atoms with E-state index in [0.717, 1.165) is 63.1 Å². The Labute approximate surface area is 258 Å². The number of ether oxygens (including phenoxy) is 3. The lowest BCUT2D eigenvalue weighted by Crippen LogP contribution is -2.53. The van der Waals surface area contributed by atoms with Gasteiger partial charge >= 0.3 is 18.3 Å². The number of alkyl halides is 1. The molecule has 3 amide bonds. The van der Waals surface area contributed by atoms with Crippen molar-refractivity contribution in [1.29, 1.82) is 0 Å². The van der Waals surface area contributed by atoms with Crippen molar-refractivity contribution in [1.82, 2.24) is 9.80 Å². The Bertz CT molecular complexity index is 762. The van der Waals surface area contributed by atoms with E-state index in [1.165, 1.54) is 9.80 Å². The number of hydrogen-bond acceptors (Lipinski definition) is 6. The Hall–Kier alpha value is -1.84. The van der Waals surface area contributed by atoms with Crippen LogP contribution in [0.5, 0.6) is 0 Å². The second-order valence-electron chi connectivity index (χ2n) is 13.4. The zero-order chi connectivity index (χ0) is 31.7. The number of nitrogens with zero attached hydrogens (tertiary/aromatic N) is 3. The van der Waals surface area contributed by atoms with Crippen LogP contribution < -0.4 is 0 Å². The fraction of sp³-hybridized carbons (Fsp3) is 0.871. The quantitative estimate of drug-likeness (QED) is 0.0612. The van der Waals surface area contributed by atoms with E-state index in [1.54, 1.807) is 62.3 Å². The molecule has 0 spiro atoms. The first kappa shape index (κ1) is 39.2. The number of carbonyl (C=O) groups excluding carboxylic acids is 3. The van der Waals surface area contributed by atoms with Crippen molar-refractivity contribution in [3.63, 3.8) is 0 Å². The Balaban J connectivity index is 6.52. The molecule has 10 heteroatoms. The van der Waals surface area contributed by atoms with E-state index < -0.39 is 35.1 Å². The maximum Gasteiger partial charge on any atom is 0.437 e. The molecule has 41 heavy (non-hydrogen) atoms. The highest BCUT2D eigenvalue weighted by Crippen LogP contribution is 2.19. The summed E-state index contributed by atoms with van der Waals surface area (Å²) in [5.41, 5.74) is -2.40. The molecular weight excluding hydrogens is 590 g/mol. The molecular formula is C31H58BrN3O6. The van der Waals surface area contributed by atoms with Gasteiger partial charge in [-0.2, -0.15) is 0 Å². The van der Waals surface area contributed by atoms with Gasteiger partial charge in [-0.1, -0.05) is 74.2 Å². The molecule has 0 N–H and O–H groups in total. The number of carbonyl (C=O) groups is 3. The Kier molecular flexibility index (Phi) is 18.5. The summed E-state index contributed by atoms with van der Waals surface area (Å²) in [6.45, 7) is 18.5. The average molecular weight is 649 g/mol. The van der Waals surface area contributed by atoms with Crippen LogP contribution in [0.1, 0.15) is 140 Å². The number of hydrogen-bond donors (Lipinski definition) is 0. The summed E-state index contributed by atoms with van der Waals surface area (Å²) >= 11 is 3.46. The summed E-state index contributed by atoms with van der Waals surface area (Å²) in [5, 5.41) is 0.951. The zero-order valence-corrected chi connectivity index (χ0v) is 29.2. The SMILES string of the molecule is CCCCCCCCN(C(=O)OC(C)(C)C)/C(=N/C(=O)OC(C)(C)C)N(CCCCCCCBr)C(=O)OC(C)(C)C. The lowest BCUT2D eigenvalue weighted by atomic mass is 10.1. The van der Waals surface area contributed by atoms with Crippen LogP contribution in [0, 0.1) is 0 Å². The third-order valence-corrected chi connectivity index (χ3v) is 6.11. The minimum atomic E-state index is -0.894. The highest BCUT2D eigenvalue weighted by Gasteiger charge is 2.35. The van der Waals surface area contributed by atoms with E-state index >= 15 is 0 Å². The van der Waals surface area contributed by atoms with Crippen LogP contribution in [-0.4, -0.2) is 69.3 Å². The van der Waals surface area contributed by atoms with Gasteiger partial charge in [-0.25, -0.2) is 24.2 Å². The normalized spacial score (nSPS) is 12.6. The van der Waals surface area contributed by atoms with Gasteiger partial charge < -0.3 is 14.2 Å². The first-order chi connectivity index (χ1) is 18.9. The van der Waals surface area contributed by atoms with E-state index in [1.807, 2.05) is 0 Å². The van der Waals surface area contributed by atoms with E-state index in [-0.39, 0.29) is 19.0 Å². The predicted molar refractivity (Wildman–Crippen MR) is 170 cm³/mol. The molecule has 0 aromatic carbocycles. The van der Waals surface area contributed by atoms with Crippen molar-refractivity contribution in [3.8, 4) is 0 Å². The first-order valence-corrected chi connectivity index (χ1v) is 16.4. The van der Waals surface area contributed by atoms with Crippen LogP contribution in [0.25, 0.3) is 0 Å². The highest BCUT2D eigenvalue weighted by molar-refractivity contribution is 9.09. The highest BCUT2D eigenvalue weighted by atomic mass is 79.9. The number of rotatable bonds is 14. The van der Waals surface area contributed by atoms with E-state index in [9.17, 15) is 14.4 Å². The molecule has 0 aliphatic heterocycles. The lowest BCUT2D eigenvalue weighted by molar-refractivity contribution is 0.0272. The predicted octanol–water partition coefficient (Wildman–Crippen LogP) is 9.46. The number of halogens is 1. The molecule has 0 bridgehead atoms. The summed E-state index contributed by atoms with van der Waals surface area (Å²) in [4.78, 5) is 47.0. The van der Waals surface area contributed by atoms with Crippen LogP contribution in [0.4, 0.5) is 14.4 Å². The molecule has 9 nitrogen and oxygen atoms in total. The molecule has 0 aromatic heterocycles. The fourth-order valence-electron chi connectivity index (χ4n) is 3.76. The van der Waals surface area contributed by atoms with Gasteiger partial charge in [-0.3, -0.25) is 0 Å². The minimum absolute atomic E-state index is 0.128. The molecule has 0 heterocycles. The van der Waals surface area contributed by atoms with Crippen LogP contribution in [0.3, 0.4) is 0 Å². The van der Waals surface area contributed by atoms with Crippen molar-refractivity contribution in [3.05, 3.63) is 0 Å². The van der Waals surface area contributed by atoms with Crippen molar-refractivity contribution >= 4 is 40.2 Å². The summed E-state index contributed by atoms with van der Waals surface area (Å²) in [6.07, 6.45) is 8.38. The summed E-state index contributed by atoms with van der Waals surface area (Å²) in [7, 11) is 0. The zero-order valence-electron chi connectivity index (χ0n) is 27.6. The van der Waals surface area contributed by atoms with Crippen molar-refractivity contribution in [2.24, 2.45) is 4.99 Å². The van der Waals surface area contributed by atoms with Gasteiger partial charge in [-0.15, -0.1) is 4.99 Å². The van der Waals surface area contributed by atoms with Gasteiger partial charge in [0.25, 0.3) is 0 Å². The second kappa shape index (κ2) is 19.4. The maximum atomic E-state index is 13.6. The van der Waals surface area contributed by atoms with E-state index in [2.05, 4.69) is 27.8 Å². The number of aliphatic imine (C=N–C) groups is 1. The standard InChI is InChI=1S/C31H58BrN3O6/c1-11-12-13-14-17-20-23-34(27(37)40-30(5,6)7)25(33-26(36)39-29(2,3)4)35(28(38)41-31(8,9)10)24-21-18-15-16-19-22-32/h11-24H2,1-10H3/b33-25-. The fourth-order valence-corrected chi connectivity index (χ4v) is 4.15. The lowest BCUT2D eigenvalue weighted by Gasteiger charge is -2.34. The number of guanidine groups is 1. The molecule has 0 atom stereocenters. The summed E-state index contributed by atoms with van der Waals surface area (Å²) < 4.78 is 16.9. The molecule has 0 aliphatic rings. The molecule has 240 valence electrons. The van der Waals surface area contributed by atoms with Gasteiger partial charge in [-0.05, 0) is 81.6 Å². The van der Waals surface area contributed by atoms with Gasteiger partial charge in [0.15, 0.2) is 0 Å². The van der Waals surface area contributed by atoms with Gasteiger partial charge in [0.2, 0.25) is 5.96 Å². The summed E-state index contributed by atoms with van der Waals surface area (Å²) in [6, 6.07) is 0. The number of unbranched alkanes of at least 4 members (excludes halogenated alkanes) is 9. The number of amides is 3. The van der Waals surface area contributed by atoms with Crippen LogP contribution >= 0.6 is 15.9 Å².